The topological polar surface area (TPSA) is 85.1 Å². The molecular formula is C13H11F4N3O3S. The van der Waals surface area contributed by atoms with Crippen LogP contribution in [0.25, 0.3) is 11.4 Å². The first-order valence-electron chi connectivity index (χ1n) is 6.85. The van der Waals surface area contributed by atoms with E-state index in [1.165, 1.54) is 12.1 Å². The second-order valence-electron chi connectivity index (χ2n) is 5.30. The minimum absolute atomic E-state index is 0.115. The highest BCUT2D eigenvalue weighted by Gasteiger charge is 2.39. The van der Waals surface area contributed by atoms with Crippen molar-refractivity contribution in [3.63, 3.8) is 0 Å². The second kappa shape index (κ2) is 5.81. The van der Waals surface area contributed by atoms with Crippen molar-refractivity contribution in [3.8, 4) is 11.4 Å². The van der Waals surface area contributed by atoms with Crippen LogP contribution in [0.3, 0.4) is 0 Å². The van der Waals surface area contributed by atoms with Gasteiger partial charge in [0.1, 0.15) is 5.82 Å². The molecule has 0 spiro atoms. The van der Waals surface area contributed by atoms with Crippen molar-refractivity contribution in [1.82, 2.24) is 14.9 Å². The van der Waals surface area contributed by atoms with Crippen LogP contribution in [0.2, 0.25) is 0 Å². The molecule has 3 rings (SSSR count). The second-order valence-corrected chi connectivity index (χ2v) is 7.35. The lowest BCUT2D eigenvalue weighted by Crippen LogP contribution is -2.26. The number of benzene rings is 1. The predicted molar refractivity (Wildman–Crippen MR) is 73.5 cm³/mol. The van der Waals surface area contributed by atoms with Crippen LogP contribution in [0.5, 0.6) is 0 Å². The molecule has 6 nitrogen and oxygen atoms in total. The fourth-order valence-electron chi connectivity index (χ4n) is 1.98. The molecule has 11 heteroatoms. The van der Waals surface area contributed by atoms with Gasteiger partial charge < -0.3 is 4.52 Å². The first-order chi connectivity index (χ1) is 11.2. The fraction of sp³-hybridized carbons (Fsp3) is 0.385. The van der Waals surface area contributed by atoms with E-state index in [-0.39, 0.29) is 12.1 Å². The van der Waals surface area contributed by atoms with Gasteiger partial charge in [0.15, 0.2) is 0 Å². The zero-order valence-corrected chi connectivity index (χ0v) is 12.8. The number of rotatable bonds is 5. The zero-order valence-electron chi connectivity index (χ0n) is 12.0. The molecule has 1 aromatic carbocycles. The average molecular weight is 365 g/mol. The molecule has 1 fully saturated rings. The lowest BCUT2D eigenvalue weighted by atomic mass is 10.1. The first kappa shape index (κ1) is 16.8. The highest BCUT2D eigenvalue weighted by molar-refractivity contribution is 7.90. The normalized spacial score (nSPS) is 15.7. The van der Waals surface area contributed by atoms with Gasteiger partial charge in [0.05, 0.1) is 10.8 Å². The van der Waals surface area contributed by atoms with Gasteiger partial charge in [0.2, 0.25) is 15.8 Å². The van der Waals surface area contributed by atoms with Gasteiger partial charge >= 0.3 is 12.1 Å². The van der Waals surface area contributed by atoms with Crippen LogP contribution < -0.4 is 4.72 Å². The van der Waals surface area contributed by atoms with Gasteiger partial charge in [0, 0.05) is 6.54 Å². The lowest BCUT2D eigenvalue weighted by molar-refractivity contribution is -0.159. The van der Waals surface area contributed by atoms with E-state index in [0.717, 1.165) is 6.07 Å². The van der Waals surface area contributed by atoms with E-state index in [9.17, 15) is 26.0 Å². The molecule has 2 aromatic rings. The predicted octanol–water partition coefficient (Wildman–Crippen LogP) is 2.48. The quantitative estimate of drug-likeness (QED) is 0.823. The molecule has 0 unspecified atom stereocenters. The van der Waals surface area contributed by atoms with E-state index in [4.69, 9.17) is 0 Å². The standard InChI is InChI=1S/C13H11F4N3O3S/c14-10-5-7(6-18-24(21,22)8-2-3-8)1-4-9(10)11-19-12(23-20-11)13(15,16)17/h1,4-5,8,18H,2-3,6H2. The Morgan fingerprint density at radius 1 is 1.29 bits per heavy atom. The molecule has 1 aliphatic rings. The van der Waals surface area contributed by atoms with E-state index in [1.807, 2.05) is 0 Å². The minimum Gasteiger partial charge on any atom is -0.329 e. The Labute approximate surface area is 133 Å². The maximum absolute atomic E-state index is 14.1. The molecule has 0 atom stereocenters. The number of sulfonamides is 1. The average Bonchev–Trinajstić information content (AvgIpc) is 3.23. The summed E-state index contributed by atoms with van der Waals surface area (Å²) in [6.07, 6.45) is -3.62. The van der Waals surface area contributed by atoms with Gasteiger partial charge in [-0.05, 0) is 30.5 Å². The van der Waals surface area contributed by atoms with Crippen LogP contribution in [0.15, 0.2) is 22.7 Å². The molecule has 130 valence electrons. The van der Waals surface area contributed by atoms with E-state index in [0.29, 0.717) is 18.4 Å². The highest BCUT2D eigenvalue weighted by Crippen LogP contribution is 2.30. The van der Waals surface area contributed by atoms with Gasteiger partial charge in [-0.3, -0.25) is 0 Å². The van der Waals surface area contributed by atoms with Crippen LogP contribution in [-0.4, -0.2) is 23.8 Å². The monoisotopic (exact) mass is 365 g/mol. The number of hydrogen-bond donors (Lipinski definition) is 1. The maximum atomic E-state index is 14.1. The Hall–Kier alpha value is -2.01. The molecule has 1 aromatic heterocycles. The van der Waals surface area contributed by atoms with Gasteiger partial charge in [-0.2, -0.15) is 18.2 Å². The summed E-state index contributed by atoms with van der Waals surface area (Å²) in [4.78, 5) is 3.10. The molecular weight excluding hydrogens is 354 g/mol. The van der Waals surface area contributed by atoms with E-state index in [2.05, 4.69) is 19.4 Å². The number of aromatic nitrogens is 2. The number of hydrogen-bond acceptors (Lipinski definition) is 5. The molecule has 0 saturated heterocycles. The van der Waals surface area contributed by atoms with Crippen molar-refractivity contribution in [3.05, 3.63) is 35.5 Å². The summed E-state index contributed by atoms with van der Waals surface area (Å²) in [6, 6.07) is 3.55. The third kappa shape index (κ3) is 3.56. The number of alkyl halides is 3. The Balaban J connectivity index is 1.76. The van der Waals surface area contributed by atoms with Crippen LogP contribution in [0, 0.1) is 5.82 Å². The molecule has 0 radical (unpaired) electrons. The summed E-state index contributed by atoms with van der Waals surface area (Å²) in [5, 5.41) is 2.70. The Morgan fingerprint density at radius 3 is 2.54 bits per heavy atom. The van der Waals surface area contributed by atoms with Crippen LogP contribution in [0.1, 0.15) is 24.3 Å². The van der Waals surface area contributed by atoms with Crippen molar-refractivity contribution in [2.24, 2.45) is 0 Å². The Kier molecular flexibility index (Phi) is 4.08. The highest BCUT2D eigenvalue weighted by atomic mass is 32.2. The summed E-state index contributed by atoms with van der Waals surface area (Å²) in [5.41, 5.74) is 0.0445. The molecule has 24 heavy (non-hydrogen) atoms. The summed E-state index contributed by atoms with van der Waals surface area (Å²) < 4.78 is 81.1. The largest absolute Gasteiger partial charge is 0.471 e. The summed E-state index contributed by atoms with van der Waals surface area (Å²) in [6.45, 7) is -0.115. The van der Waals surface area contributed by atoms with Gasteiger partial charge in [-0.25, -0.2) is 17.5 Å². The Morgan fingerprint density at radius 2 is 2.00 bits per heavy atom. The maximum Gasteiger partial charge on any atom is 0.471 e. The molecule has 1 saturated carbocycles. The van der Waals surface area contributed by atoms with Crippen molar-refractivity contribution in [2.45, 2.75) is 30.8 Å². The lowest BCUT2D eigenvalue weighted by Gasteiger charge is -2.06. The minimum atomic E-state index is -4.82. The number of nitrogens with zero attached hydrogens (tertiary/aromatic N) is 2. The smallest absolute Gasteiger partial charge is 0.329 e. The van der Waals surface area contributed by atoms with Gasteiger partial charge in [-0.15, -0.1) is 0 Å². The van der Waals surface area contributed by atoms with Gasteiger partial charge in [0.25, 0.3) is 0 Å². The van der Waals surface area contributed by atoms with E-state index < -0.39 is 39.0 Å². The zero-order chi connectivity index (χ0) is 17.5. The van der Waals surface area contributed by atoms with Crippen molar-refractivity contribution < 1.29 is 30.5 Å². The SMILES string of the molecule is O=S(=O)(NCc1ccc(-c2noc(C(F)(F)F)n2)c(F)c1)C1CC1. The summed E-state index contributed by atoms with van der Waals surface area (Å²) in [7, 11) is -3.41. The molecule has 0 aliphatic heterocycles. The fourth-order valence-corrected chi connectivity index (χ4v) is 3.34. The van der Waals surface area contributed by atoms with Crippen molar-refractivity contribution >= 4 is 10.0 Å². The molecule has 0 bridgehead atoms. The van der Waals surface area contributed by atoms with Crippen LogP contribution in [0.4, 0.5) is 17.6 Å². The Bertz CT molecular complexity index is 860. The first-order valence-corrected chi connectivity index (χ1v) is 8.39. The van der Waals surface area contributed by atoms with Crippen LogP contribution in [-0.2, 0) is 22.7 Å². The number of nitrogens with one attached hydrogen (secondary N) is 1. The summed E-state index contributed by atoms with van der Waals surface area (Å²) in [5.74, 6) is -2.99. The van der Waals surface area contributed by atoms with Crippen molar-refractivity contribution in [1.29, 1.82) is 0 Å². The third-order valence-corrected chi connectivity index (χ3v) is 5.28. The summed E-state index contributed by atoms with van der Waals surface area (Å²) >= 11 is 0. The van der Waals surface area contributed by atoms with E-state index in [1.54, 1.807) is 0 Å². The molecule has 0 amide bonds. The van der Waals surface area contributed by atoms with Crippen molar-refractivity contribution in [2.75, 3.05) is 0 Å². The van der Waals surface area contributed by atoms with Gasteiger partial charge in [-0.1, -0.05) is 11.2 Å². The third-order valence-electron chi connectivity index (χ3n) is 3.38. The number of halogens is 4. The molecule has 1 heterocycles. The molecule has 1 aliphatic carbocycles. The van der Waals surface area contributed by atoms with Crippen LogP contribution >= 0.6 is 0 Å². The molecule has 1 N–H and O–H groups in total. The van der Waals surface area contributed by atoms with E-state index >= 15 is 0 Å².